The molecule has 0 saturated carbocycles. The summed E-state index contributed by atoms with van der Waals surface area (Å²) in [5.41, 5.74) is 4.15. The van der Waals surface area contributed by atoms with Gasteiger partial charge in [-0.1, -0.05) is 24.3 Å². The Morgan fingerprint density at radius 3 is 2.58 bits per heavy atom. The predicted molar refractivity (Wildman–Crippen MR) is 110 cm³/mol. The third-order valence-electron chi connectivity index (χ3n) is 5.01. The van der Waals surface area contributed by atoms with Crippen LogP contribution in [-0.2, 0) is 6.54 Å². The van der Waals surface area contributed by atoms with Crippen molar-refractivity contribution in [3.05, 3.63) is 54.1 Å². The molecule has 6 heteroatoms. The minimum Gasteiger partial charge on any atom is -0.377 e. The average molecular weight is 369 g/mol. The molecule has 4 N–H and O–H groups in total. The van der Waals surface area contributed by atoms with Crippen molar-refractivity contribution in [2.45, 2.75) is 24.9 Å². The first-order valence-electron chi connectivity index (χ1n) is 9.01. The van der Waals surface area contributed by atoms with Crippen molar-refractivity contribution in [2.75, 3.05) is 28.9 Å². The highest BCUT2D eigenvalue weighted by molar-refractivity contribution is 7.99. The minimum atomic E-state index is -0.0853. The number of aliphatic hydroxyl groups excluding tert-OH is 1. The fraction of sp³-hybridized carbons (Fsp3) is 0.350. The number of aliphatic imine (C=N–C) groups is 1. The fourth-order valence-electron chi connectivity index (χ4n) is 3.53. The molecule has 0 atom stereocenters. The molecule has 136 valence electrons. The Morgan fingerprint density at radius 1 is 1.04 bits per heavy atom. The van der Waals surface area contributed by atoms with Gasteiger partial charge >= 0.3 is 0 Å². The largest absolute Gasteiger partial charge is 0.377 e. The van der Waals surface area contributed by atoms with Crippen LogP contribution in [0.1, 0.15) is 18.4 Å². The first kappa shape index (κ1) is 17.2. The first-order valence-corrected chi connectivity index (χ1v) is 10.2. The van der Waals surface area contributed by atoms with Crippen molar-refractivity contribution in [2.24, 2.45) is 4.99 Å². The summed E-state index contributed by atoms with van der Waals surface area (Å²) in [5, 5.41) is 19.2. The van der Waals surface area contributed by atoms with Crippen LogP contribution >= 0.6 is 11.8 Å². The summed E-state index contributed by atoms with van der Waals surface area (Å²) in [6, 6.07) is 16.4. The smallest absolute Gasteiger partial charge is 0.128 e. The van der Waals surface area contributed by atoms with Gasteiger partial charge in [0, 0.05) is 12.2 Å². The zero-order valence-corrected chi connectivity index (χ0v) is 15.5. The van der Waals surface area contributed by atoms with Gasteiger partial charge in [0.05, 0.1) is 16.9 Å². The maximum Gasteiger partial charge on any atom is 0.128 e. The summed E-state index contributed by atoms with van der Waals surface area (Å²) in [6.45, 7) is 0.678. The van der Waals surface area contributed by atoms with Crippen molar-refractivity contribution >= 4 is 34.7 Å². The van der Waals surface area contributed by atoms with Gasteiger partial charge in [-0.25, -0.2) is 4.99 Å². The molecule has 2 heterocycles. The summed E-state index contributed by atoms with van der Waals surface area (Å²) in [4.78, 5) is 4.97. The molecule has 2 aromatic carbocycles. The van der Waals surface area contributed by atoms with Crippen LogP contribution in [0.3, 0.4) is 0 Å². The number of hydrogen-bond acceptors (Lipinski definition) is 6. The lowest BCUT2D eigenvalue weighted by atomic mass is 9.88. The van der Waals surface area contributed by atoms with E-state index in [0.717, 1.165) is 53.8 Å². The van der Waals surface area contributed by atoms with Crippen molar-refractivity contribution in [1.29, 1.82) is 0 Å². The zero-order valence-electron chi connectivity index (χ0n) is 14.7. The molecule has 0 aliphatic carbocycles. The molecule has 2 aromatic rings. The summed E-state index contributed by atoms with van der Waals surface area (Å²) in [6.07, 6.45) is 2.16. The highest BCUT2D eigenvalue weighted by Crippen LogP contribution is 2.39. The molecule has 26 heavy (non-hydrogen) atoms. The van der Waals surface area contributed by atoms with Crippen molar-refractivity contribution < 1.29 is 5.11 Å². The number of anilines is 2. The number of para-hydroxylation sites is 2. The molecular weight excluding hydrogens is 344 g/mol. The number of hydrogen-bond donors (Lipinski definition) is 4. The van der Waals surface area contributed by atoms with Gasteiger partial charge in [0.25, 0.3) is 0 Å². The molecule has 5 nitrogen and oxygen atoms in total. The topological polar surface area (TPSA) is 68.7 Å². The molecule has 1 fully saturated rings. The van der Waals surface area contributed by atoms with Crippen molar-refractivity contribution in [1.82, 2.24) is 5.32 Å². The number of benzene rings is 2. The lowest BCUT2D eigenvalue weighted by Gasteiger charge is -2.42. The number of fused-ring (bicyclic) bond motifs is 1. The van der Waals surface area contributed by atoms with Crippen LogP contribution in [0.15, 0.2) is 53.5 Å². The maximum atomic E-state index is 8.94. The average Bonchev–Trinajstić information content (AvgIpc) is 2.68. The molecule has 0 bridgehead atoms. The Kier molecular flexibility index (Phi) is 5.04. The Bertz CT molecular complexity index is 785. The Labute approximate surface area is 158 Å². The molecule has 4 rings (SSSR count). The normalized spacial score (nSPS) is 17.8. The van der Waals surface area contributed by atoms with Gasteiger partial charge in [0.15, 0.2) is 0 Å². The molecule has 1 saturated heterocycles. The van der Waals surface area contributed by atoms with Crippen LogP contribution in [-0.4, -0.2) is 34.7 Å². The number of thioether (sulfide) groups is 1. The molecule has 0 unspecified atom stereocenters. The third-order valence-corrected chi connectivity index (χ3v) is 5.99. The van der Waals surface area contributed by atoms with Gasteiger partial charge in [-0.15, -0.1) is 0 Å². The van der Waals surface area contributed by atoms with E-state index in [1.165, 1.54) is 5.56 Å². The molecule has 1 spiro atoms. The number of amidine groups is 1. The number of rotatable bonds is 4. The molecule has 2 aliphatic rings. The van der Waals surface area contributed by atoms with E-state index in [9.17, 15) is 0 Å². The van der Waals surface area contributed by atoms with Crippen LogP contribution in [0.4, 0.5) is 17.1 Å². The van der Waals surface area contributed by atoms with Crippen LogP contribution < -0.4 is 16.0 Å². The predicted octanol–water partition coefficient (Wildman–Crippen LogP) is 3.56. The molecule has 0 radical (unpaired) electrons. The molecule has 0 amide bonds. The van der Waals surface area contributed by atoms with E-state index in [4.69, 9.17) is 10.1 Å². The van der Waals surface area contributed by atoms with E-state index in [-0.39, 0.29) is 12.3 Å². The Hall–Kier alpha value is -2.18. The van der Waals surface area contributed by atoms with E-state index in [2.05, 4.69) is 46.3 Å². The third kappa shape index (κ3) is 3.52. The second kappa shape index (κ2) is 7.60. The van der Waals surface area contributed by atoms with Gasteiger partial charge in [-0.05, 0) is 54.2 Å². The minimum absolute atomic E-state index is 0.0555. The number of nitrogens with one attached hydrogen (secondary N) is 3. The van der Waals surface area contributed by atoms with Gasteiger partial charge in [-0.2, -0.15) is 11.8 Å². The van der Waals surface area contributed by atoms with E-state index >= 15 is 0 Å². The standard InChI is InChI=1S/C20H24N4OS/c25-14-22-16-7-5-15(6-8-16)13-21-19-20(9-11-26-12-10-20)24-18-4-2-1-3-17(18)23-19/h1-8,22,24-25H,9-14H2,(H,21,23). The number of aliphatic hydroxyl groups is 1. The summed E-state index contributed by atoms with van der Waals surface area (Å²) in [5.74, 6) is 3.35. The van der Waals surface area contributed by atoms with Gasteiger partial charge < -0.3 is 21.1 Å². The van der Waals surface area contributed by atoms with E-state index < -0.39 is 0 Å². The second-order valence-corrected chi connectivity index (χ2v) is 7.91. The maximum absolute atomic E-state index is 8.94. The summed E-state index contributed by atoms with van der Waals surface area (Å²) < 4.78 is 0. The lowest BCUT2D eigenvalue weighted by molar-refractivity contribution is 0.325. The van der Waals surface area contributed by atoms with Crippen molar-refractivity contribution in [3.63, 3.8) is 0 Å². The first-order chi connectivity index (χ1) is 12.8. The fourth-order valence-corrected chi connectivity index (χ4v) is 4.72. The zero-order chi connectivity index (χ0) is 17.8. The van der Waals surface area contributed by atoms with Crippen LogP contribution in [0.2, 0.25) is 0 Å². The summed E-state index contributed by atoms with van der Waals surface area (Å²) in [7, 11) is 0. The van der Waals surface area contributed by atoms with Crippen LogP contribution in [0.25, 0.3) is 0 Å². The van der Waals surface area contributed by atoms with E-state index in [0.29, 0.717) is 0 Å². The van der Waals surface area contributed by atoms with Crippen LogP contribution in [0, 0.1) is 0 Å². The quantitative estimate of drug-likeness (QED) is 0.622. The Balaban J connectivity index is 1.54. The van der Waals surface area contributed by atoms with Gasteiger partial charge in [0.1, 0.15) is 12.6 Å². The van der Waals surface area contributed by atoms with Gasteiger partial charge in [-0.3, -0.25) is 0 Å². The highest BCUT2D eigenvalue weighted by Gasteiger charge is 2.40. The van der Waals surface area contributed by atoms with E-state index in [1.807, 2.05) is 30.0 Å². The number of nitrogens with zero attached hydrogens (tertiary/aromatic N) is 1. The molecule has 0 aromatic heterocycles. The molecule has 2 aliphatic heterocycles. The SMILES string of the molecule is OCNc1ccc(CNC2=Nc3ccccc3NC23CCSCC3)cc1. The Morgan fingerprint density at radius 2 is 1.81 bits per heavy atom. The second-order valence-electron chi connectivity index (χ2n) is 6.68. The van der Waals surface area contributed by atoms with E-state index in [1.54, 1.807) is 0 Å². The summed E-state index contributed by atoms with van der Waals surface area (Å²) >= 11 is 2.02. The molecular formula is C20H24N4OS. The van der Waals surface area contributed by atoms with Crippen LogP contribution in [0.5, 0.6) is 0 Å². The lowest BCUT2D eigenvalue weighted by Crippen LogP contribution is -2.55. The van der Waals surface area contributed by atoms with Crippen molar-refractivity contribution in [3.8, 4) is 0 Å². The highest BCUT2D eigenvalue weighted by atomic mass is 32.2. The monoisotopic (exact) mass is 368 g/mol. The van der Waals surface area contributed by atoms with Gasteiger partial charge in [0.2, 0.25) is 0 Å².